The van der Waals surface area contributed by atoms with Crippen LogP contribution in [0.5, 0.6) is 5.75 Å². The van der Waals surface area contributed by atoms with E-state index in [1.165, 1.54) is 43.6 Å². The van der Waals surface area contributed by atoms with Gasteiger partial charge in [-0.25, -0.2) is 12.8 Å². The molecule has 0 saturated carbocycles. The van der Waals surface area contributed by atoms with Gasteiger partial charge in [0.25, 0.3) is 0 Å². The topological polar surface area (TPSA) is 68.6 Å². The summed E-state index contributed by atoms with van der Waals surface area (Å²) in [6.07, 6.45) is 5.55. The summed E-state index contributed by atoms with van der Waals surface area (Å²) in [7, 11) is -0.930. The van der Waals surface area contributed by atoms with E-state index in [4.69, 9.17) is 4.74 Å². The molecule has 1 aliphatic heterocycles. The molecule has 8 heteroatoms. The van der Waals surface area contributed by atoms with Crippen LogP contribution in [0.15, 0.2) is 57.2 Å². The van der Waals surface area contributed by atoms with Crippen LogP contribution < -0.4 is 15.1 Å². The number of ether oxygens (including phenoxy) is 1. The lowest BCUT2D eigenvalue weighted by Crippen LogP contribution is -2.25. The zero-order valence-electron chi connectivity index (χ0n) is 17.6. The van der Waals surface area contributed by atoms with Gasteiger partial charge in [-0.3, -0.25) is 4.79 Å². The van der Waals surface area contributed by atoms with E-state index in [1.54, 1.807) is 17.7 Å². The molecule has 1 saturated heterocycles. The highest BCUT2D eigenvalue weighted by molar-refractivity contribution is 7.91. The Labute approximate surface area is 180 Å². The first-order valence-electron chi connectivity index (χ1n) is 10.3. The van der Waals surface area contributed by atoms with E-state index in [9.17, 15) is 13.2 Å². The minimum absolute atomic E-state index is 0.0218. The monoisotopic (exact) mass is 444 g/mol. The highest BCUT2D eigenvalue weighted by Gasteiger charge is 2.25. The highest BCUT2D eigenvalue weighted by atomic mass is 32.2. The fourth-order valence-corrected chi connectivity index (χ4v) is 5.49. The van der Waals surface area contributed by atoms with Crippen LogP contribution in [0.4, 0.5) is 10.1 Å². The molecule has 1 aromatic heterocycles. The van der Waals surface area contributed by atoms with Crippen LogP contribution in [-0.2, 0) is 16.9 Å². The summed E-state index contributed by atoms with van der Waals surface area (Å²) >= 11 is 0. The van der Waals surface area contributed by atoms with Gasteiger partial charge >= 0.3 is 0 Å². The average Bonchev–Trinajstić information content (AvgIpc) is 3.05. The molecule has 0 radical (unpaired) electrons. The van der Waals surface area contributed by atoms with Gasteiger partial charge in [-0.15, -0.1) is 0 Å². The van der Waals surface area contributed by atoms with Gasteiger partial charge in [0, 0.05) is 26.3 Å². The molecule has 0 amide bonds. The number of fused-ring (bicyclic) bond motifs is 1. The van der Waals surface area contributed by atoms with Gasteiger partial charge in [0.05, 0.1) is 28.6 Å². The Hall–Kier alpha value is -2.87. The summed E-state index contributed by atoms with van der Waals surface area (Å²) < 4.78 is 47.9. The number of halogens is 1. The molecule has 31 heavy (non-hydrogen) atoms. The van der Waals surface area contributed by atoms with Crippen LogP contribution in [0.3, 0.4) is 0 Å². The van der Waals surface area contributed by atoms with Crippen LogP contribution in [0.25, 0.3) is 10.9 Å². The number of aromatic nitrogens is 1. The number of hydrogen-bond acceptors (Lipinski definition) is 5. The zero-order chi connectivity index (χ0) is 22.2. The van der Waals surface area contributed by atoms with Gasteiger partial charge in [-0.05, 0) is 49.2 Å². The van der Waals surface area contributed by atoms with Crippen LogP contribution in [0, 0.1) is 5.82 Å². The summed E-state index contributed by atoms with van der Waals surface area (Å²) in [6.45, 7) is 1.53. The Morgan fingerprint density at radius 2 is 1.65 bits per heavy atom. The van der Waals surface area contributed by atoms with Crippen molar-refractivity contribution in [3.8, 4) is 5.75 Å². The summed E-state index contributed by atoms with van der Waals surface area (Å²) in [5, 5.41) is 0.0492. The fourth-order valence-electron chi connectivity index (χ4n) is 4.09. The first-order valence-corrected chi connectivity index (χ1v) is 11.8. The molecule has 4 rings (SSSR count). The third-order valence-corrected chi connectivity index (χ3v) is 7.59. The molecule has 1 fully saturated rings. The van der Waals surface area contributed by atoms with Gasteiger partial charge in [0.1, 0.15) is 16.5 Å². The predicted octanol–water partition coefficient (Wildman–Crippen LogP) is 3.90. The summed E-state index contributed by atoms with van der Waals surface area (Å²) in [6, 6.07) is 8.64. The summed E-state index contributed by atoms with van der Waals surface area (Å²) in [4.78, 5) is 14.7. The quantitative estimate of drug-likeness (QED) is 0.611. The number of methoxy groups -OCH3 is 1. The smallest absolute Gasteiger partial charge is 0.211 e. The van der Waals surface area contributed by atoms with Gasteiger partial charge in [0.15, 0.2) is 0 Å². The Balaban J connectivity index is 1.84. The molecular formula is C23H25FN2O4S. The van der Waals surface area contributed by atoms with Crippen molar-refractivity contribution >= 4 is 26.4 Å². The van der Waals surface area contributed by atoms with Crippen LogP contribution in [0.2, 0.25) is 0 Å². The summed E-state index contributed by atoms with van der Waals surface area (Å²) in [5.41, 5.74) is 0.250. The lowest BCUT2D eigenvalue weighted by atomic mass is 10.1. The summed E-state index contributed by atoms with van der Waals surface area (Å²) in [5.74, 6) is -0.000951. The van der Waals surface area contributed by atoms with E-state index >= 15 is 4.39 Å². The van der Waals surface area contributed by atoms with Crippen LogP contribution in [0.1, 0.15) is 25.7 Å². The second-order valence-corrected chi connectivity index (χ2v) is 9.75. The largest absolute Gasteiger partial charge is 0.497 e. The molecular weight excluding hydrogens is 419 g/mol. The second kappa shape index (κ2) is 8.34. The number of aryl methyl sites for hydroxylation is 1. The van der Waals surface area contributed by atoms with Crippen LogP contribution >= 0.6 is 0 Å². The molecule has 2 heterocycles. The molecule has 0 aliphatic carbocycles. The van der Waals surface area contributed by atoms with E-state index in [2.05, 4.69) is 0 Å². The lowest BCUT2D eigenvalue weighted by molar-refractivity contribution is 0.414. The van der Waals surface area contributed by atoms with Crippen molar-refractivity contribution in [3.63, 3.8) is 0 Å². The number of rotatable bonds is 4. The third kappa shape index (κ3) is 3.92. The first-order chi connectivity index (χ1) is 14.8. The molecule has 0 spiro atoms. The minimum Gasteiger partial charge on any atom is -0.497 e. The number of benzene rings is 2. The minimum atomic E-state index is -4.08. The van der Waals surface area contributed by atoms with Crippen LogP contribution in [-0.4, -0.2) is 33.2 Å². The van der Waals surface area contributed by atoms with Crippen molar-refractivity contribution < 1.29 is 17.5 Å². The molecule has 0 unspecified atom stereocenters. The SMILES string of the molecule is COc1ccc(S(=O)(=O)c2cn(C)c3cc(N4CCCCCC4)c(F)cc3c2=O)cc1. The van der Waals surface area contributed by atoms with E-state index in [0.29, 0.717) is 17.0 Å². The van der Waals surface area contributed by atoms with Gasteiger partial charge in [-0.1, -0.05) is 12.8 Å². The number of sulfone groups is 1. The zero-order valence-corrected chi connectivity index (χ0v) is 18.4. The molecule has 1 aliphatic rings. The van der Waals surface area contributed by atoms with E-state index in [0.717, 1.165) is 38.8 Å². The third-order valence-electron chi connectivity index (χ3n) is 5.83. The van der Waals surface area contributed by atoms with E-state index < -0.39 is 21.1 Å². The number of anilines is 1. The molecule has 6 nitrogen and oxygen atoms in total. The maximum atomic E-state index is 15.0. The Kier molecular flexibility index (Phi) is 5.75. The van der Waals surface area contributed by atoms with Crippen molar-refractivity contribution in [2.24, 2.45) is 7.05 Å². The van der Waals surface area contributed by atoms with Gasteiger partial charge in [0.2, 0.25) is 15.3 Å². The standard InChI is InChI=1S/C23H25FN2O4S/c1-25-15-22(31(28,29)17-9-7-16(30-2)8-10-17)23(27)18-13-19(24)21(14-20(18)25)26-11-5-3-4-6-12-26/h7-10,13-15H,3-6,11-12H2,1-2H3. The molecule has 3 aromatic rings. The average molecular weight is 445 g/mol. The Morgan fingerprint density at radius 1 is 1.00 bits per heavy atom. The molecule has 164 valence electrons. The molecule has 0 atom stereocenters. The molecule has 2 aromatic carbocycles. The lowest BCUT2D eigenvalue weighted by Gasteiger charge is -2.24. The first kappa shape index (κ1) is 21.4. The Bertz CT molecular complexity index is 1280. The van der Waals surface area contributed by atoms with Crippen molar-refractivity contribution in [2.45, 2.75) is 35.5 Å². The van der Waals surface area contributed by atoms with Crippen molar-refractivity contribution in [1.29, 1.82) is 0 Å². The number of hydrogen-bond donors (Lipinski definition) is 0. The van der Waals surface area contributed by atoms with Gasteiger partial charge in [-0.2, -0.15) is 0 Å². The molecule has 0 bridgehead atoms. The number of pyridine rings is 1. The maximum Gasteiger partial charge on any atom is 0.211 e. The van der Waals surface area contributed by atoms with Crippen molar-refractivity contribution in [2.75, 3.05) is 25.1 Å². The van der Waals surface area contributed by atoms with E-state index in [1.807, 2.05) is 4.90 Å². The number of nitrogens with zero attached hydrogens (tertiary/aromatic N) is 2. The van der Waals surface area contributed by atoms with Crippen molar-refractivity contribution in [1.82, 2.24) is 4.57 Å². The predicted molar refractivity (Wildman–Crippen MR) is 118 cm³/mol. The maximum absolute atomic E-state index is 15.0. The Morgan fingerprint density at radius 3 is 2.26 bits per heavy atom. The molecule has 0 N–H and O–H groups in total. The second-order valence-electron chi connectivity index (χ2n) is 7.83. The highest BCUT2D eigenvalue weighted by Crippen LogP contribution is 2.28. The fraction of sp³-hybridized carbons (Fsp3) is 0.348. The normalized spacial score (nSPS) is 15.1. The van der Waals surface area contributed by atoms with Gasteiger partial charge < -0.3 is 14.2 Å². The van der Waals surface area contributed by atoms with Crippen molar-refractivity contribution in [3.05, 3.63) is 58.6 Å². The van der Waals surface area contributed by atoms with E-state index in [-0.39, 0.29) is 15.2 Å².